The van der Waals surface area contributed by atoms with E-state index in [-0.39, 0.29) is 17.4 Å². The second kappa shape index (κ2) is 6.38. The van der Waals surface area contributed by atoms with Gasteiger partial charge in [0, 0.05) is 6.61 Å². The van der Waals surface area contributed by atoms with E-state index in [0.717, 1.165) is 12.8 Å². The van der Waals surface area contributed by atoms with Crippen molar-refractivity contribution in [3.05, 3.63) is 23.8 Å². The average molecular weight is 279 g/mol. The molecule has 1 unspecified atom stereocenters. The molecular formula is C14H17NO5. The number of anilines is 1. The summed E-state index contributed by atoms with van der Waals surface area (Å²) in [6.45, 7) is 1.08. The fraction of sp³-hybridized carbons (Fsp3) is 0.429. The van der Waals surface area contributed by atoms with Gasteiger partial charge in [-0.2, -0.15) is 0 Å². The predicted molar refractivity (Wildman–Crippen MR) is 72.1 cm³/mol. The Bertz CT molecular complexity index is 508. The van der Waals surface area contributed by atoms with E-state index in [4.69, 9.17) is 14.6 Å². The maximum atomic E-state index is 12.1. The molecule has 108 valence electrons. The summed E-state index contributed by atoms with van der Waals surface area (Å²) in [5, 5.41) is 11.7. The molecule has 6 heteroatoms. The number of ether oxygens (including phenoxy) is 2. The van der Waals surface area contributed by atoms with E-state index in [1.54, 1.807) is 0 Å². The summed E-state index contributed by atoms with van der Waals surface area (Å²) in [7, 11) is 1.47. The number of carbonyl (C=O) groups excluding carboxylic acids is 1. The number of amides is 1. The number of aromatic carboxylic acids is 1. The molecule has 2 N–H and O–H groups in total. The molecule has 1 saturated heterocycles. The maximum Gasteiger partial charge on any atom is 0.335 e. The summed E-state index contributed by atoms with van der Waals surface area (Å²) < 4.78 is 10.4. The monoisotopic (exact) mass is 279 g/mol. The van der Waals surface area contributed by atoms with Gasteiger partial charge in [0.15, 0.2) is 0 Å². The average Bonchev–Trinajstić information content (AvgIpc) is 2.48. The molecule has 1 aromatic rings. The number of benzene rings is 1. The van der Waals surface area contributed by atoms with Crippen LogP contribution >= 0.6 is 0 Å². The number of hydrogen-bond acceptors (Lipinski definition) is 4. The van der Waals surface area contributed by atoms with Crippen LogP contribution in [0, 0.1) is 5.92 Å². The van der Waals surface area contributed by atoms with Crippen molar-refractivity contribution in [2.45, 2.75) is 12.8 Å². The zero-order valence-corrected chi connectivity index (χ0v) is 11.2. The molecule has 1 heterocycles. The Morgan fingerprint density at radius 3 is 2.85 bits per heavy atom. The van der Waals surface area contributed by atoms with Gasteiger partial charge in [0.1, 0.15) is 5.75 Å². The lowest BCUT2D eigenvalue weighted by Gasteiger charge is -2.21. The lowest BCUT2D eigenvalue weighted by atomic mass is 10.0. The van der Waals surface area contributed by atoms with Gasteiger partial charge in [-0.25, -0.2) is 4.79 Å². The minimum Gasteiger partial charge on any atom is -0.495 e. The Labute approximate surface area is 116 Å². The van der Waals surface area contributed by atoms with Crippen LogP contribution in [0.2, 0.25) is 0 Å². The third-order valence-electron chi connectivity index (χ3n) is 3.24. The molecule has 2 rings (SSSR count). The van der Waals surface area contributed by atoms with Crippen molar-refractivity contribution in [1.82, 2.24) is 0 Å². The Balaban J connectivity index is 2.15. The Hall–Kier alpha value is -2.08. The summed E-state index contributed by atoms with van der Waals surface area (Å²) in [4.78, 5) is 23.1. The topological polar surface area (TPSA) is 84.9 Å². The van der Waals surface area contributed by atoms with Gasteiger partial charge in [0.25, 0.3) is 0 Å². The second-order valence-electron chi connectivity index (χ2n) is 4.62. The highest BCUT2D eigenvalue weighted by atomic mass is 16.5. The lowest BCUT2D eigenvalue weighted by Crippen LogP contribution is -2.30. The van der Waals surface area contributed by atoms with E-state index < -0.39 is 5.97 Å². The van der Waals surface area contributed by atoms with Crippen LogP contribution in [0.3, 0.4) is 0 Å². The fourth-order valence-electron chi connectivity index (χ4n) is 2.12. The van der Waals surface area contributed by atoms with Crippen LogP contribution in [0.25, 0.3) is 0 Å². The van der Waals surface area contributed by atoms with E-state index >= 15 is 0 Å². The van der Waals surface area contributed by atoms with Gasteiger partial charge in [0.05, 0.1) is 30.9 Å². The molecule has 0 saturated carbocycles. The van der Waals surface area contributed by atoms with Crippen LogP contribution in [0.4, 0.5) is 5.69 Å². The summed E-state index contributed by atoms with van der Waals surface area (Å²) >= 11 is 0. The molecule has 20 heavy (non-hydrogen) atoms. The van der Waals surface area contributed by atoms with Crippen molar-refractivity contribution in [2.24, 2.45) is 5.92 Å². The number of carboxylic acid groups (broad SMARTS) is 1. The predicted octanol–water partition coefficient (Wildman–Crippen LogP) is 1.76. The Kier molecular flexibility index (Phi) is 4.57. The minimum absolute atomic E-state index is 0.0981. The van der Waals surface area contributed by atoms with Crippen LogP contribution in [-0.4, -0.2) is 37.3 Å². The van der Waals surface area contributed by atoms with E-state index in [1.165, 1.54) is 25.3 Å². The largest absolute Gasteiger partial charge is 0.495 e. The SMILES string of the molecule is COc1ccc(C(=O)O)cc1NC(=O)C1CCCOC1. The molecule has 0 aromatic heterocycles. The smallest absolute Gasteiger partial charge is 0.335 e. The van der Waals surface area contributed by atoms with Crippen molar-refractivity contribution in [3.8, 4) is 5.75 Å². The first-order valence-corrected chi connectivity index (χ1v) is 6.41. The molecule has 1 aromatic carbocycles. The minimum atomic E-state index is -1.05. The highest BCUT2D eigenvalue weighted by Gasteiger charge is 2.23. The van der Waals surface area contributed by atoms with E-state index in [1.807, 2.05) is 0 Å². The second-order valence-corrected chi connectivity index (χ2v) is 4.62. The summed E-state index contributed by atoms with van der Waals surface area (Å²) in [6.07, 6.45) is 1.62. The first-order valence-electron chi connectivity index (χ1n) is 6.41. The summed E-state index contributed by atoms with van der Waals surface area (Å²) in [5.41, 5.74) is 0.462. The lowest BCUT2D eigenvalue weighted by molar-refractivity contribution is -0.123. The molecule has 1 aliphatic heterocycles. The van der Waals surface area contributed by atoms with Crippen LogP contribution in [-0.2, 0) is 9.53 Å². The number of carboxylic acids is 1. The summed E-state index contributed by atoms with van der Waals surface area (Å²) in [5.74, 6) is -1.00. The highest BCUT2D eigenvalue weighted by molar-refractivity contribution is 5.96. The van der Waals surface area contributed by atoms with Crippen molar-refractivity contribution < 1.29 is 24.2 Å². The quantitative estimate of drug-likeness (QED) is 0.877. The number of rotatable bonds is 4. The fourth-order valence-corrected chi connectivity index (χ4v) is 2.12. The Morgan fingerprint density at radius 2 is 2.25 bits per heavy atom. The number of carbonyl (C=O) groups is 2. The van der Waals surface area contributed by atoms with Crippen LogP contribution in [0.15, 0.2) is 18.2 Å². The first-order chi connectivity index (χ1) is 9.61. The van der Waals surface area contributed by atoms with Gasteiger partial charge in [-0.15, -0.1) is 0 Å². The number of nitrogens with one attached hydrogen (secondary N) is 1. The van der Waals surface area contributed by atoms with E-state index in [9.17, 15) is 9.59 Å². The third-order valence-corrected chi connectivity index (χ3v) is 3.24. The highest BCUT2D eigenvalue weighted by Crippen LogP contribution is 2.27. The van der Waals surface area contributed by atoms with Gasteiger partial charge in [-0.3, -0.25) is 4.79 Å². The van der Waals surface area contributed by atoms with Crippen LogP contribution in [0.5, 0.6) is 5.75 Å². The summed E-state index contributed by atoms with van der Waals surface area (Å²) in [6, 6.07) is 4.35. The maximum absolute atomic E-state index is 12.1. The molecular weight excluding hydrogens is 262 g/mol. The van der Waals surface area contributed by atoms with Gasteiger partial charge in [-0.05, 0) is 31.0 Å². The number of hydrogen-bond donors (Lipinski definition) is 2. The first kappa shape index (κ1) is 14.3. The van der Waals surface area contributed by atoms with Crippen molar-refractivity contribution >= 4 is 17.6 Å². The molecule has 0 spiro atoms. The molecule has 1 atom stereocenters. The number of methoxy groups -OCH3 is 1. The van der Waals surface area contributed by atoms with E-state index in [2.05, 4.69) is 5.32 Å². The molecule has 0 bridgehead atoms. The van der Waals surface area contributed by atoms with Gasteiger partial charge in [-0.1, -0.05) is 0 Å². The van der Waals surface area contributed by atoms with Crippen LogP contribution < -0.4 is 10.1 Å². The molecule has 1 aliphatic rings. The molecule has 0 aliphatic carbocycles. The molecule has 0 radical (unpaired) electrons. The zero-order valence-electron chi connectivity index (χ0n) is 11.2. The molecule has 1 fully saturated rings. The van der Waals surface area contributed by atoms with Gasteiger partial charge in [0.2, 0.25) is 5.91 Å². The molecule has 1 amide bonds. The van der Waals surface area contributed by atoms with Crippen molar-refractivity contribution in [2.75, 3.05) is 25.6 Å². The zero-order chi connectivity index (χ0) is 14.5. The molecule has 6 nitrogen and oxygen atoms in total. The Morgan fingerprint density at radius 1 is 1.45 bits per heavy atom. The normalized spacial score (nSPS) is 18.4. The van der Waals surface area contributed by atoms with Crippen molar-refractivity contribution in [1.29, 1.82) is 0 Å². The van der Waals surface area contributed by atoms with E-state index in [0.29, 0.717) is 24.7 Å². The third kappa shape index (κ3) is 3.27. The van der Waals surface area contributed by atoms with Gasteiger partial charge < -0.3 is 19.9 Å². The standard InChI is InChI=1S/C14H17NO5/c1-19-12-5-4-9(14(17)18)7-11(12)15-13(16)10-3-2-6-20-8-10/h4-5,7,10H,2-3,6,8H2,1H3,(H,15,16)(H,17,18). The van der Waals surface area contributed by atoms with Gasteiger partial charge >= 0.3 is 5.97 Å². The van der Waals surface area contributed by atoms with Crippen LogP contribution in [0.1, 0.15) is 23.2 Å². The van der Waals surface area contributed by atoms with Crippen molar-refractivity contribution in [3.63, 3.8) is 0 Å².